The molecule has 0 heterocycles. The minimum Gasteiger partial charge on any atom is -0.374 e. The monoisotopic (exact) mass is 216 g/mol. The molecule has 14 heavy (non-hydrogen) atoms. The summed E-state index contributed by atoms with van der Waals surface area (Å²) in [7, 11) is 0. The molecule has 76 valence electrons. The molecule has 2 nitrogen and oxygen atoms in total. The molecule has 0 aromatic heterocycles. The van der Waals surface area contributed by atoms with Gasteiger partial charge in [0.2, 0.25) is 0 Å². The molecule has 1 aromatic carbocycles. The van der Waals surface area contributed by atoms with Crippen molar-refractivity contribution < 1.29 is 13.9 Å². The summed E-state index contributed by atoms with van der Waals surface area (Å²) in [4.78, 5) is 11.4. The number of carbonyl (C=O) groups excluding carboxylic acids is 1. The first-order valence-corrected chi connectivity index (χ1v) is 4.59. The Bertz CT molecular complexity index is 339. The highest BCUT2D eigenvalue weighted by atomic mass is 35.5. The second-order valence-corrected chi connectivity index (χ2v) is 3.04. The summed E-state index contributed by atoms with van der Waals surface area (Å²) in [5.74, 6) is -0.898. The van der Waals surface area contributed by atoms with Gasteiger partial charge in [-0.05, 0) is 19.1 Å². The summed E-state index contributed by atoms with van der Waals surface area (Å²) in [5, 5.41) is -0.141. The van der Waals surface area contributed by atoms with E-state index in [0.29, 0.717) is 6.61 Å². The van der Waals surface area contributed by atoms with E-state index >= 15 is 0 Å². The van der Waals surface area contributed by atoms with Crippen LogP contribution in [0.5, 0.6) is 0 Å². The van der Waals surface area contributed by atoms with Crippen molar-refractivity contribution in [2.75, 3.05) is 13.2 Å². The third kappa shape index (κ3) is 2.53. The van der Waals surface area contributed by atoms with Crippen LogP contribution in [-0.4, -0.2) is 19.0 Å². The molecule has 0 N–H and O–H groups in total. The fourth-order valence-electron chi connectivity index (χ4n) is 0.992. The van der Waals surface area contributed by atoms with Crippen molar-refractivity contribution in [1.29, 1.82) is 0 Å². The minimum absolute atomic E-state index is 0.0698. The first-order valence-electron chi connectivity index (χ1n) is 4.21. The zero-order chi connectivity index (χ0) is 10.6. The van der Waals surface area contributed by atoms with Crippen LogP contribution in [0.4, 0.5) is 4.39 Å². The Labute approximate surface area is 86.6 Å². The van der Waals surface area contributed by atoms with Gasteiger partial charge in [0, 0.05) is 12.2 Å². The molecule has 1 aromatic rings. The smallest absolute Gasteiger partial charge is 0.190 e. The van der Waals surface area contributed by atoms with Gasteiger partial charge in [-0.1, -0.05) is 17.7 Å². The van der Waals surface area contributed by atoms with Crippen molar-refractivity contribution in [2.45, 2.75) is 6.92 Å². The number of rotatable bonds is 4. The van der Waals surface area contributed by atoms with Crippen LogP contribution in [0.1, 0.15) is 17.3 Å². The van der Waals surface area contributed by atoms with Crippen molar-refractivity contribution in [3.63, 3.8) is 0 Å². The summed E-state index contributed by atoms with van der Waals surface area (Å²) in [6.45, 7) is 2.15. The van der Waals surface area contributed by atoms with Crippen LogP contribution in [0.2, 0.25) is 5.02 Å². The lowest BCUT2D eigenvalue weighted by atomic mass is 10.1. The van der Waals surface area contributed by atoms with Gasteiger partial charge in [0.1, 0.15) is 12.4 Å². The number of benzene rings is 1. The standard InChI is InChI=1S/C10H10ClFO2/c1-2-14-6-9(13)7-4-3-5-8(12)10(7)11/h3-5H,2,6H2,1H3. The van der Waals surface area contributed by atoms with Gasteiger partial charge in [-0.25, -0.2) is 4.39 Å². The molecule has 4 heteroatoms. The number of hydrogen-bond donors (Lipinski definition) is 0. The maximum absolute atomic E-state index is 12.9. The van der Waals surface area contributed by atoms with Gasteiger partial charge in [0.05, 0.1) is 5.02 Å². The number of ether oxygens (including phenoxy) is 1. The van der Waals surface area contributed by atoms with E-state index in [0.717, 1.165) is 0 Å². The average Bonchev–Trinajstić information content (AvgIpc) is 2.18. The highest BCUT2D eigenvalue weighted by Gasteiger charge is 2.12. The Kier molecular flexibility index (Phi) is 4.04. The minimum atomic E-state index is -0.589. The zero-order valence-electron chi connectivity index (χ0n) is 7.72. The van der Waals surface area contributed by atoms with Crippen LogP contribution in [0.15, 0.2) is 18.2 Å². The molecule has 0 fully saturated rings. The SMILES string of the molecule is CCOCC(=O)c1cccc(F)c1Cl. The van der Waals surface area contributed by atoms with E-state index < -0.39 is 5.82 Å². The molecular weight excluding hydrogens is 207 g/mol. The highest BCUT2D eigenvalue weighted by molar-refractivity contribution is 6.34. The van der Waals surface area contributed by atoms with Gasteiger partial charge in [-0.15, -0.1) is 0 Å². The van der Waals surface area contributed by atoms with E-state index in [4.69, 9.17) is 16.3 Å². The molecule has 1 rings (SSSR count). The largest absolute Gasteiger partial charge is 0.374 e. The van der Waals surface area contributed by atoms with Crippen molar-refractivity contribution in [2.24, 2.45) is 0 Å². The quantitative estimate of drug-likeness (QED) is 0.724. The van der Waals surface area contributed by atoms with E-state index in [9.17, 15) is 9.18 Å². The Morgan fingerprint density at radius 3 is 2.93 bits per heavy atom. The second kappa shape index (κ2) is 5.08. The van der Waals surface area contributed by atoms with Crippen molar-refractivity contribution in [3.8, 4) is 0 Å². The maximum atomic E-state index is 12.9. The van der Waals surface area contributed by atoms with Gasteiger partial charge in [-0.3, -0.25) is 4.79 Å². The summed E-state index contributed by atoms with van der Waals surface area (Å²) < 4.78 is 17.9. The third-order valence-electron chi connectivity index (χ3n) is 1.69. The topological polar surface area (TPSA) is 26.3 Å². The summed E-state index contributed by atoms with van der Waals surface area (Å²) in [6, 6.07) is 4.13. The molecule has 0 aliphatic heterocycles. The number of ketones is 1. The molecule has 0 aliphatic rings. The fraction of sp³-hybridized carbons (Fsp3) is 0.300. The molecular formula is C10H10ClFO2. The predicted octanol–water partition coefficient (Wildman–Crippen LogP) is 2.70. The Morgan fingerprint density at radius 2 is 2.29 bits per heavy atom. The van der Waals surface area contributed by atoms with E-state index in [1.807, 2.05) is 0 Å². The molecule has 0 atom stereocenters. The second-order valence-electron chi connectivity index (χ2n) is 2.66. The van der Waals surface area contributed by atoms with Crippen LogP contribution >= 0.6 is 11.6 Å². The number of Topliss-reactive ketones (excluding diaryl/α,β-unsaturated/α-hetero) is 1. The van der Waals surface area contributed by atoms with Crippen LogP contribution in [0, 0.1) is 5.82 Å². The van der Waals surface area contributed by atoms with Crippen molar-refractivity contribution >= 4 is 17.4 Å². The number of hydrogen-bond acceptors (Lipinski definition) is 2. The molecule has 0 saturated carbocycles. The van der Waals surface area contributed by atoms with Crippen LogP contribution in [0.3, 0.4) is 0 Å². The van der Waals surface area contributed by atoms with E-state index in [1.165, 1.54) is 18.2 Å². The van der Waals surface area contributed by atoms with Crippen LogP contribution in [-0.2, 0) is 4.74 Å². The normalized spacial score (nSPS) is 10.2. The first kappa shape index (κ1) is 11.1. The van der Waals surface area contributed by atoms with E-state index in [1.54, 1.807) is 6.92 Å². The lowest BCUT2D eigenvalue weighted by Gasteiger charge is -2.03. The lowest BCUT2D eigenvalue weighted by Crippen LogP contribution is -2.09. The van der Waals surface area contributed by atoms with Gasteiger partial charge < -0.3 is 4.74 Å². The first-order chi connectivity index (χ1) is 6.66. The lowest BCUT2D eigenvalue weighted by molar-refractivity contribution is 0.0783. The van der Waals surface area contributed by atoms with Crippen LogP contribution in [0.25, 0.3) is 0 Å². The maximum Gasteiger partial charge on any atom is 0.190 e. The van der Waals surface area contributed by atoms with Gasteiger partial charge in [-0.2, -0.15) is 0 Å². The molecule has 0 amide bonds. The number of carbonyl (C=O) groups is 1. The summed E-state index contributed by atoms with van der Waals surface area (Å²) >= 11 is 5.62. The van der Waals surface area contributed by atoms with Gasteiger partial charge in [0.15, 0.2) is 5.78 Å². The third-order valence-corrected chi connectivity index (χ3v) is 2.07. The average molecular weight is 217 g/mol. The predicted molar refractivity (Wildman–Crippen MR) is 52.2 cm³/mol. The number of halogens is 2. The fourth-order valence-corrected chi connectivity index (χ4v) is 1.22. The van der Waals surface area contributed by atoms with Gasteiger partial charge >= 0.3 is 0 Å². The molecule has 0 spiro atoms. The molecule has 0 radical (unpaired) electrons. The van der Waals surface area contributed by atoms with Crippen molar-refractivity contribution in [3.05, 3.63) is 34.6 Å². The van der Waals surface area contributed by atoms with Crippen LogP contribution < -0.4 is 0 Å². The molecule has 0 unspecified atom stereocenters. The molecule has 0 saturated heterocycles. The molecule has 0 aliphatic carbocycles. The highest BCUT2D eigenvalue weighted by Crippen LogP contribution is 2.19. The van der Waals surface area contributed by atoms with Gasteiger partial charge in [0.25, 0.3) is 0 Å². The zero-order valence-corrected chi connectivity index (χ0v) is 8.47. The summed E-state index contributed by atoms with van der Waals surface area (Å²) in [5.41, 5.74) is 0.167. The van der Waals surface area contributed by atoms with E-state index in [-0.39, 0.29) is 23.0 Å². The molecule has 0 bridgehead atoms. The van der Waals surface area contributed by atoms with Crippen molar-refractivity contribution in [1.82, 2.24) is 0 Å². The van der Waals surface area contributed by atoms with E-state index in [2.05, 4.69) is 0 Å². The Morgan fingerprint density at radius 1 is 1.57 bits per heavy atom. The Hall–Kier alpha value is -0.930. The summed E-state index contributed by atoms with van der Waals surface area (Å²) in [6.07, 6.45) is 0. The Balaban J connectivity index is 2.84.